The van der Waals surface area contributed by atoms with E-state index in [2.05, 4.69) is 56.5 Å². The van der Waals surface area contributed by atoms with Crippen LogP contribution in [-0.2, 0) is 14.3 Å². The normalized spacial score (nSPS) is 13.6. The van der Waals surface area contributed by atoms with Gasteiger partial charge in [-0.25, -0.2) is 0 Å². The quantitative estimate of drug-likeness (QED) is 0.0321. The van der Waals surface area contributed by atoms with Gasteiger partial charge in [-0.1, -0.05) is 287 Å². The molecule has 0 heterocycles. The first kappa shape index (κ1) is 63.6. The van der Waals surface area contributed by atoms with E-state index in [-0.39, 0.29) is 24.9 Å². The highest BCUT2D eigenvalue weighted by Crippen LogP contribution is 2.18. The Hall–Kier alpha value is -2.44. The molecular weight excluding hydrogens is 815 g/mol. The van der Waals surface area contributed by atoms with Crippen molar-refractivity contribution in [1.29, 1.82) is 0 Å². The van der Waals surface area contributed by atoms with Crippen LogP contribution in [0.15, 0.2) is 60.8 Å². The second-order valence-corrected chi connectivity index (χ2v) is 19.5. The lowest BCUT2D eigenvalue weighted by atomic mass is 10.0. The van der Waals surface area contributed by atoms with Crippen LogP contribution in [0.3, 0.4) is 0 Å². The highest BCUT2D eigenvalue weighted by molar-refractivity contribution is 5.77. The summed E-state index contributed by atoms with van der Waals surface area (Å²) in [5.41, 5.74) is 0. The van der Waals surface area contributed by atoms with Gasteiger partial charge in [-0.05, 0) is 44.9 Å². The molecule has 0 aliphatic carbocycles. The third-order valence-electron chi connectivity index (χ3n) is 13.0. The Balaban J connectivity index is 4.61. The summed E-state index contributed by atoms with van der Waals surface area (Å²) in [6.07, 6.45) is 67.1. The van der Waals surface area contributed by atoms with E-state index in [0.717, 1.165) is 70.6 Å². The maximum Gasteiger partial charge on any atom is 0.306 e. The Bertz CT molecular complexity index is 1170. The molecule has 384 valence electrons. The second-order valence-electron chi connectivity index (χ2n) is 19.5. The van der Waals surface area contributed by atoms with Gasteiger partial charge in [-0.15, -0.1) is 0 Å². The molecule has 0 aliphatic rings. The minimum atomic E-state index is -0.801. The number of carbonyl (C=O) groups is 2. The number of rotatable bonds is 51. The Morgan fingerprint density at radius 2 is 0.803 bits per heavy atom. The van der Waals surface area contributed by atoms with Crippen LogP contribution < -0.4 is 5.32 Å². The fourth-order valence-corrected chi connectivity index (χ4v) is 8.64. The molecule has 0 rings (SSSR count). The number of carbonyl (C=O) groups excluding carboxylic acids is 2. The Labute approximate surface area is 409 Å². The van der Waals surface area contributed by atoms with Crippen molar-refractivity contribution < 1.29 is 24.5 Å². The van der Waals surface area contributed by atoms with Gasteiger partial charge in [0, 0.05) is 6.42 Å². The second kappa shape index (κ2) is 53.5. The highest BCUT2D eigenvalue weighted by atomic mass is 16.5. The summed E-state index contributed by atoms with van der Waals surface area (Å²) in [4.78, 5) is 26.2. The van der Waals surface area contributed by atoms with E-state index in [1.807, 2.05) is 30.4 Å². The van der Waals surface area contributed by atoms with Gasteiger partial charge < -0.3 is 20.3 Å². The summed E-state index contributed by atoms with van der Waals surface area (Å²) in [5, 5.41) is 23.9. The molecule has 66 heavy (non-hydrogen) atoms. The molecule has 0 saturated heterocycles. The van der Waals surface area contributed by atoms with Crippen molar-refractivity contribution in [2.24, 2.45) is 0 Å². The van der Waals surface area contributed by atoms with Gasteiger partial charge in [-0.2, -0.15) is 0 Å². The molecule has 3 N–H and O–H groups in total. The molecule has 0 spiro atoms. The predicted molar refractivity (Wildman–Crippen MR) is 287 cm³/mol. The summed E-state index contributed by atoms with van der Waals surface area (Å²) in [6.45, 7) is 6.41. The summed E-state index contributed by atoms with van der Waals surface area (Å²) in [7, 11) is 0. The lowest BCUT2D eigenvalue weighted by Crippen LogP contribution is -2.46. The van der Waals surface area contributed by atoms with Gasteiger partial charge in [-0.3, -0.25) is 9.59 Å². The van der Waals surface area contributed by atoms with Crippen LogP contribution in [0.2, 0.25) is 0 Å². The number of aliphatic hydroxyl groups is 2. The van der Waals surface area contributed by atoms with E-state index < -0.39 is 18.2 Å². The number of hydrogen-bond acceptors (Lipinski definition) is 5. The summed E-state index contributed by atoms with van der Waals surface area (Å²) in [5.74, 6) is -0.506. The van der Waals surface area contributed by atoms with Gasteiger partial charge in [0.05, 0.1) is 25.2 Å². The number of aliphatic hydroxyl groups excluding tert-OH is 2. The molecule has 6 heteroatoms. The number of unbranched alkanes of at least 4 members (excludes halogenated alkanes) is 33. The van der Waals surface area contributed by atoms with Crippen molar-refractivity contribution in [3.05, 3.63) is 60.8 Å². The largest absolute Gasteiger partial charge is 0.462 e. The number of amides is 1. The fraction of sp³-hybridized carbons (Fsp3) is 0.800. The minimum absolute atomic E-state index is 0.0508. The summed E-state index contributed by atoms with van der Waals surface area (Å²) < 4.78 is 5.94. The topological polar surface area (TPSA) is 95.9 Å². The lowest BCUT2D eigenvalue weighted by Gasteiger charge is -2.24. The van der Waals surface area contributed by atoms with Crippen molar-refractivity contribution in [3.8, 4) is 0 Å². The number of hydrogen-bond donors (Lipinski definition) is 3. The zero-order valence-electron chi connectivity index (χ0n) is 43.8. The smallest absolute Gasteiger partial charge is 0.306 e. The van der Waals surface area contributed by atoms with Gasteiger partial charge in [0.2, 0.25) is 5.91 Å². The van der Waals surface area contributed by atoms with Crippen molar-refractivity contribution in [1.82, 2.24) is 5.32 Å². The lowest BCUT2D eigenvalue weighted by molar-refractivity contribution is -0.151. The molecule has 0 saturated carbocycles. The van der Waals surface area contributed by atoms with Crippen molar-refractivity contribution in [3.63, 3.8) is 0 Å². The SMILES string of the molecule is CCC/C=C/C=C/C=C/C=C/C=C/CCCCCC(CC(=O)NC(CO)C(O)CCCCCCCCCCCCCCCCCCC)OC(=O)CCCCCCCCCCCCCCCC. The molecule has 3 unspecified atom stereocenters. The maximum absolute atomic E-state index is 13.3. The van der Waals surface area contributed by atoms with Crippen LogP contribution in [0.1, 0.15) is 284 Å². The summed E-state index contributed by atoms with van der Waals surface area (Å²) in [6, 6.07) is -0.717. The molecule has 0 aliphatic heterocycles. The van der Waals surface area contributed by atoms with Gasteiger partial charge in [0.15, 0.2) is 0 Å². The molecular formula is C60H109NO5. The number of ether oxygens (including phenoxy) is 1. The van der Waals surface area contributed by atoms with E-state index in [4.69, 9.17) is 4.74 Å². The molecule has 0 fully saturated rings. The first-order valence-corrected chi connectivity index (χ1v) is 28.6. The van der Waals surface area contributed by atoms with Crippen LogP contribution >= 0.6 is 0 Å². The summed E-state index contributed by atoms with van der Waals surface area (Å²) >= 11 is 0. The molecule has 0 radical (unpaired) electrons. The number of esters is 1. The third-order valence-corrected chi connectivity index (χ3v) is 13.0. The van der Waals surface area contributed by atoms with Crippen molar-refractivity contribution >= 4 is 11.9 Å². The highest BCUT2D eigenvalue weighted by Gasteiger charge is 2.24. The van der Waals surface area contributed by atoms with E-state index in [0.29, 0.717) is 19.3 Å². The Morgan fingerprint density at radius 1 is 0.439 bits per heavy atom. The van der Waals surface area contributed by atoms with Gasteiger partial charge in [0.1, 0.15) is 6.10 Å². The van der Waals surface area contributed by atoms with Crippen LogP contribution in [0.4, 0.5) is 0 Å². The first-order chi connectivity index (χ1) is 32.5. The Morgan fingerprint density at radius 3 is 1.23 bits per heavy atom. The zero-order valence-corrected chi connectivity index (χ0v) is 43.8. The molecule has 0 aromatic carbocycles. The van der Waals surface area contributed by atoms with E-state index in [1.165, 1.54) is 167 Å². The third kappa shape index (κ3) is 48.0. The molecule has 6 nitrogen and oxygen atoms in total. The monoisotopic (exact) mass is 924 g/mol. The standard InChI is InChI=1S/C60H109NO5/c1-4-7-10-13-16-19-22-25-28-30-32-34-37-40-43-46-49-52-58(63)57(55-62)61-59(64)54-56(51-48-45-42-39-36-33-31-29-26-23-20-17-14-11-8-5-2)66-60(65)53-50-47-44-41-38-35-27-24-21-18-15-12-9-6-3/h11,14,17,20,23,26,29,31,33,36,56-58,62-63H,4-10,12-13,15-16,18-19,21-22,24-25,27-28,30,32,34-35,37-55H2,1-3H3,(H,61,64)/b14-11+,20-17+,26-23+,31-29+,36-33+. The molecule has 1 amide bonds. The van der Waals surface area contributed by atoms with Crippen molar-refractivity contribution in [2.45, 2.75) is 302 Å². The fourth-order valence-electron chi connectivity index (χ4n) is 8.64. The molecule has 0 aromatic rings. The first-order valence-electron chi connectivity index (χ1n) is 28.6. The minimum Gasteiger partial charge on any atom is -0.462 e. The molecule has 3 atom stereocenters. The molecule has 0 bridgehead atoms. The Kier molecular flexibility index (Phi) is 51.5. The average Bonchev–Trinajstić information content (AvgIpc) is 3.31. The van der Waals surface area contributed by atoms with Crippen LogP contribution in [0.25, 0.3) is 0 Å². The number of nitrogens with one attached hydrogen (secondary N) is 1. The van der Waals surface area contributed by atoms with Crippen molar-refractivity contribution in [2.75, 3.05) is 6.61 Å². The molecule has 0 aromatic heterocycles. The van der Waals surface area contributed by atoms with Crippen LogP contribution in [0.5, 0.6) is 0 Å². The van der Waals surface area contributed by atoms with Crippen LogP contribution in [-0.4, -0.2) is 46.9 Å². The van der Waals surface area contributed by atoms with Crippen LogP contribution in [0, 0.1) is 0 Å². The maximum atomic E-state index is 13.3. The number of allylic oxidation sites excluding steroid dienone is 10. The van der Waals surface area contributed by atoms with E-state index in [1.54, 1.807) is 0 Å². The average molecular weight is 925 g/mol. The van der Waals surface area contributed by atoms with E-state index >= 15 is 0 Å². The van der Waals surface area contributed by atoms with Gasteiger partial charge >= 0.3 is 5.97 Å². The van der Waals surface area contributed by atoms with E-state index in [9.17, 15) is 19.8 Å². The predicted octanol–water partition coefficient (Wildman–Crippen LogP) is 17.6. The van der Waals surface area contributed by atoms with Gasteiger partial charge in [0.25, 0.3) is 0 Å². The zero-order chi connectivity index (χ0) is 48.1.